The van der Waals surface area contributed by atoms with Crippen molar-refractivity contribution in [3.05, 3.63) is 48.0 Å². The van der Waals surface area contributed by atoms with Crippen molar-refractivity contribution in [1.82, 2.24) is 10.2 Å². The molecule has 1 aliphatic heterocycles. The Labute approximate surface area is 164 Å². The molecule has 0 aliphatic carbocycles. The first kappa shape index (κ1) is 20.1. The highest BCUT2D eigenvalue weighted by Crippen LogP contribution is 2.25. The summed E-state index contributed by atoms with van der Waals surface area (Å²) in [6.07, 6.45) is 3.25. The highest BCUT2D eigenvalue weighted by molar-refractivity contribution is 5.79. The van der Waals surface area contributed by atoms with Crippen LogP contribution in [-0.4, -0.2) is 36.3 Å². The lowest BCUT2D eigenvalue weighted by Crippen LogP contribution is -2.40. The van der Waals surface area contributed by atoms with Crippen LogP contribution in [0.15, 0.2) is 40.8 Å². The SMILES string of the molecule is CC1CCCN(C(=O)CCNC(=O)CCc2ccc(-c3ccccc3F)o2)C1. The maximum absolute atomic E-state index is 13.8. The van der Waals surface area contributed by atoms with E-state index in [0.29, 0.717) is 42.4 Å². The lowest BCUT2D eigenvalue weighted by molar-refractivity contribution is -0.132. The molecule has 2 amide bonds. The van der Waals surface area contributed by atoms with Crippen molar-refractivity contribution in [3.8, 4) is 11.3 Å². The largest absolute Gasteiger partial charge is 0.461 e. The topological polar surface area (TPSA) is 62.6 Å². The number of hydrogen-bond donors (Lipinski definition) is 1. The fourth-order valence-corrected chi connectivity index (χ4v) is 3.53. The van der Waals surface area contributed by atoms with Gasteiger partial charge in [-0.2, -0.15) is 0 Å². The van der Waals surface area contributed by atoms with Crippen LogP contribution in [0.5, 0.6) is 0 Å². The Morgan fingerprint density at radius 3 is 2.82 bits per heavy atom. The zero-order chi connectivity index (χ0) is 19.9. The molecule has 0 saturated carbocycles. The number of piperidine rings is 1. The minimum Gasteiger partial charge on any atom is -0.461 e. The van der Waals surface area contributed by atoms with Crippen LogP contribution < -0.4 is 5.32 Å². The minimum absolute atomic E-state index is 0.104. The highest BCUT2D eigenvalue weighted by Gasteiger charge is 2.20. The molecule has 1 aliphatic rings. The molecule has 1 saturated heterocycles. The van der Waals surface area contributed by atoms with E-state index in [-0.39, 0.29) is 24.1 Å². The van der Waals surface area contributed by atoms with Crippen LogP contribution in [0, 0.1) is 11.7 Å². The fraction of sp³-hybridized carbons (Fsp3) is 0.455. The molecule has 1 N–H and O–H groups in total. The number of aryl methyl sites for hydroxylation is 1. The summed E-state index contributed by atoms with van der Waals surface area (Å²) in [5, 5.41) is 2.79. The number of likely N-dealkylation sites (tertiary alicyclic amines) is 1. The van der Waals surface area contributed by atoms with Crippen molar-refractivity contribution in [1.29, 1.82) is 0 Å². The van der Waals surface area contributed by atoms with E-state index in [1.807, 2.05) is 4.90 Å². The third kappa shape index (κ3) is 5.44. The van der Waals surface area contributed by atoms with Gasteiger partial charge >= 0.3 is 0 Å². The number of rotatable bonds is 7. The minimum atomic E-state index is -0.339. The molecule has 1 aromatic carbocycles. The van der Waals surface area contributed by atoms with E-state index in [1.165, 1.54) is 12.5 Å². The number of carbonyl (C=O) groups is 2. The average molecular weight is 386 g/mol. The summed E-state index contributed by atoms with van der Waals surface area (Å²) in [5.41, 5.74) is 0.406. The number of benzene rings is 1. The Hall–Kier alpha value is -2.63. The summed E-state index contributed by atoms with van der Waals surface area (Å²) >= 11 is 0. The molecule has 28 heavy (non-hydrogen) atoms. The summed E-state index contributed by atoms with van der Waals surface area (Å²) in [4.78, 5) is 26.1. The highest BCUT2D eigenvalue weighted by atomic mass is 19.1. The standard InChI is InChI=1S/C22H27FN2O3/c1-16-5-4-14-25(15-16)22(27)12-13-24-21(26)11-9-17-8-10-20(28-17)18-6-2-3-7-19(18)23/h2-3,6-8,10,16H,4-5,9,11-15H2,1H3,(H,24,26). The van der Waals surface area contributed by atoms with E-state index in [0.717, 1.165) is 19.5 Å². The Bertz CT molecular complexity index is 818. The first-order chi connectivity index (χ1) is 13.5. The third-order valence-corrected chi connectivity index (χ3v) is 5.07. The number of furan rings is 1. The Morgan fingerprint density at radius 1 is 1.21 bits per heavy atom. The average Bonchev–Trinajstić information content (AvgIpc) is 3.15. The molecule has 0 radical (unpaired) electrons. The summed E-state index contributed by atoms with van der Waals surface area (Å²) in [6, 6.07) is 9.89. The molecule has 1 aromatic heterocycles. The van der Waals surface area contributed by atoms with Gasteiger partial charge in [-0.05, 0) is 43.0 Å². The van der Waals surface area contributed by atoms with Crippen molar-refractivity contribution in [2.45, 2.75) is 39.0 Å². The molecule has 0 spiro atoms. The number of nitrogens with zero attached hydrogens (tertiary/aromatic N) is 1. The second kappa shape index (κ2) is 9.53. The summed E-state index contributed by atoms with van der Waals surface area (Å²) in [5.74, 6) is 1.28. The molecule has 2 heterocycles. The Balaban J connectivity index is 1.39. The Kier molecular flexibility index (Phi) is 6.85. The van der Waals surface area contributed by atoms with Gasteiger partial charge in [-0.25, -0.2) is 4.39 Å². The van der Waals surface area contributed by atoms with Crippen LogP contribution in [0.1, 0.15) is 38.4 Å². The van der Waals surface area contributed by atoms with Gasteiger partial charge in [0.25, 0.3) is 0 Å². The van der Waals surface area contributed by atoms with E-state index in [1.54, 1.807) is 30.3 Å². The lowest BCUT2D eigenvalue weighted by Gasteiger charge is -2.31. The summed E-state index contributed by atoms with van der Waals surface area (Å²) in [6.45, 7) is 4.14. The smallest absolute Gasteiger partial charge is 0.224 e. The van der Waals surface area contributed by atoms with Gasteiger partial charge in [0.1, 0.15) is 17.3 Å². The third-order valence-electron chi connectivity index (χ3n) is 5.07. The van der Waals surface area contributed by atoms with Crippen molar-refractivity contribution in [2.24, 2.45) is 5.92 Å². The monoisotopic (exact) mass is 386 g/mol. The van der Waals surface area contributed by atoms with Crippen LogP contribution in [0.4, 0.5) is 4.39 Å². The molecular weight excluding hydrogens is 359 g/mol. The van der Waals surface area contributed by atoms with Gasteiger partial charge in [-0.15, -0.1) is 0 Å². The molecule has 3 rings (SSSR count). The molecule has 0 bridgehead atoms. The number of halogens is 1. The molecule has 5 nitrogen and oxygen atoms in total. The van der Waals surface area contributed by atoms with E-state index < -0.39 is 0 Å². The van der Waals surface area contributed by atoms with E-state index >= 15 is 0 Å². The van der Waals surface area contributed by atoms with Crippen LogP contribution in [0.2, 0.25) is 0 Å². The van der Waals surface area contributed by atoms with Crippen molar-refractivity contribution < 1.29 is 18.4 Å². The second-order valence-electron chi connectivity index (χ2n) is 7.43. The van der Waals surface area contributed by atoms with Crippen molar-refractivity contribution in [2.75, 3.05) is 19.6 Å². The fourth-order valence-electron chi connectivity index (χ4n) is 3.53. The normalized spacial score (nSPS) is 16.8. The van der Waals surface area contributed by atoms with Gasteiger partial charge in [-0.3, -0.25) is 9.59 Å². The quantitative estimate of drug-likeness (QED) is 0.788. The molecular formula is C22H27FN2O3. The molecule has 150 valence electrons. The van der Waals surface area contributed by atoms with Gasteiger partial charge < -0.3 is 14.6 Å². The van der Waals surface area contributed by atoms with Gasteiger partial charge in [0, 0.05) is 38.9 Å². The van der Waals surface area contributed by atoms with Crippen molar-refractivity contribution >= 4 is 11.8 Å². The van der Waals surface area contributed by atoms with Gasteiger partial charge in [0.05, 0.1) is 5.56 Å². The van der Waals surface area contributed by atoms with Crippen molar-refractivity contribution in [3.63, 3.8) is 0 Å². The van der Waals surface area contributed by atoms with Crippen LogP contribution in [0.3, 0.4) is 0 Å². The van der Waals surface area contributed by atoms with Crippen LogP contribution >= 0.6 is 0 Å². The second-order valence-corrected chi connectivity index (χ2v) is 7.43. The van der Waals surface area contributed by atoms with Gasteiger partial charge in [0.2, 0.25) is 11.8 Å². The maximum atomic E-state index is 13.8. The molecule has 1 atom stereocenters. The first-order valence-corrected chi connectivity index (χ1v) is 9.91. The number of nitrogens with one attached hydrogen (secondary N) is 1. The van der Waals surface area contributed by atoms with Gasteiger partial charge in [-0.1, -0.05) is 19.1 Å². The molecule has 2 aromatic rings. The number of carbonyl (C=O) groups excluding carboxylic acids is 2. The molecule has 1 unspecified atom stereocenters. The number of hydrogen-bond acceptors (Lipinski definition) is 3. The van der Waals surface area contributed by atoms with E-state index in [4.69, 9.17) is 4.42 Å². The summed E-state index contributed by atoms with van der Waals surface area (Å²) < 4.78 is 19.5. The molecule has 6 heteroatoms. The van der Waals surface area contributed by atoms with Crippen LogP contribution in [-0.2, 0) is 16.0 Å². The predicted molar refractivity (Wildman–Crippen MR) is 105 cm³/mol. The lowest BCUT2D eigenvalue weighted by atomic mass is 10.00. The number of amides is 2. The Morgan fingerprint density at radius 2 is 2.04 bits per heavy atom. The predicted octanol–water partition coefficient (Wildman–Crippen LogP) is 3.78. The maximum Gasteiger partial charge on any atom is 0.224 e. The zero-order valence-electron chi connectivity index (χ0n) is 16.2. The van der Waals surface area contributed by atoms with E-state index in [9.17, 15) is 14.0 Å². The first-order valence-electron chi connectivity index (χ1n) is 9.91. The van der Waals surface area contributed by atoms with Crippen LogP contribution in [0.25, 0.3) is 11.3 Å². The zero-order valence-corrected chi connectivity index (χ0v) is 16.2. The van der Waals surface area contributed by atoms with Gasteiger partial charge in [0.15, 0.2) is 0 Å². The van der Waals surface area contributed by atoms with E-state index in [2.05, 4.69) is 12.2 Å². The summed E-state index contributed by atoms with van der Waals surface area (Å²) in [7, 11) is 0. The molecule has 1 fully saturated rings.